The van der Waals surface area contributed by atoms with Gasteiger partial charge in [-0.3, -0.25) is 4.99 Å². The van der Waals surface area contributed by atoms with Gasteiger partial charge in [0.05, 0.1) is 0 Å². The van der Waals surface area contributed by atoms with Crippen LogP contribution < -0.4 is 15.5 Å². The first-order valence-corrected chi connectivity index (χ1v) is 9.90. The molecule has 0 saturated heterocycles. The number of benzene rings is 1. The number of pyridine rings is 1. The minimum absolute atomic E-state index is 0.659. The van der Waals surface area contributed by atoms with E-state index in [2.05, 4.69) is 68.7 Å². The summed E-state index contributed by atoms with van der Waals surface area (Å²) in [5.74, 6) is 1.58. The molecule has 3 rings (SSSR count). The van der Waals surface area contributed by atoms with Gasteiger partial charge in [-0.2, -0.15) is 5.10 Å². The molecule has 0 aliphatic rings. The Labute approximate surface area is 172 Å². The van der Waals surface area contributed by atoms with Crippen molar-refractivity contribution in [1.29, 1.82) is 0 Å². The predicted octanol–water partition coefficient (Wildman–Crippen LogP) is 2.77. The molecule has 0 aliphatic carbocycles. The number of rotatable bonds is 8. The molecule has 7 nitrogen and oxygen atoms in total. The fourth-order valence-electron chi connectivity index (χ4n) is 3.11. The van der Waals surface area contributed by atoms with Gasteiger partial charge in [0.15, 0.2) is 11.8 Å². The van der Waals surface area contributed by atoms with Crippen molar-refractivity contribution in [2.75, 3.05) is 31.6 Å². The highest BCUT2D eigenvalue weighted by atomic mass is 15.3. The number of guanidine groups is 1. The Morgan fingerprint density at radius 3 is 2.76 bits per heavy atom. The lowest BCUT2D eigenvalue weighted by molar-refractivity contribution is 0.749. The van der Waals surface area contributed by atoms with Crippen molar-refractivity contribution in [3.05, 3.63) is 72.2 Å². The Balaban J connectivity index is 1.50. The Morgan fingerprint density at radius 2 is 2.03 bits per heavy atom. The van der Waals surface area contributed by atoms with Gasteiger partial charge in [-0.1, -0.05) is 12.1 Å². The van der Waals surface area contributed by atoms with Crippen molar-refractivity contribution < 1.29 is 0 Å². The third-order valence-corrected chi connectivity index (χ3v) is 4.66. The molecular weight excluding hydrogens is 362 g/mol. The molecular formula is C22H29N7. The fourth-order valence-corrected chi connectivity index (χ4v) is 3.11. The molecule has 0 amide bonds. The lowest BCUT2D eigenvalue weighted by atomic mass is 10.2. The number of hydrogen-bond acceptors (Lipinski definition) is 4. The van der Waals surface area contributed by atoms with Crippen molar-refractivity contribution in [2.24, 2.45) is 4.99 Å². The van der Waals surface area contributed by atoms with Crippen molar-refractivity contribution >= 4 is 11.6 Å². The molecule has 152 valence electrons. The summed E-state index contributed by atoms with van der Waals surface area (Å²) in [6.07, 6.45) is 5.42. The van der Waals surface area contributed by atoms with Crippen molar-refractivity contribution in [3.8, 4) is 5.82 Å². The van der Waals surface area contributed by atoms with E-state index in [1.165, 1.54) is 11.3 Å². The SMILES string of the molecule is CCN(CCNC(=NC)NCc1ccnc(-n2cccn2)c1)c1cccc(C)c1. The van der Waals surface area contributed by atoms with E-state index >= 15 is 0 Å². The van der Waals surface area contributed by atoms with Crippen LogP contribution in [0.2, 0.25) is 0 Å². The van der Waals surface area contributed by atoms with Crippen LogP contribution in [0, 0.1) is 6.92 Å². The molecule has 0 unspecified atom stereocenters. The monoisotopic (exact) mass is 391 g/mol. The number of likely N-dealkylation sites (N-methyl/N-ethyl adjacent to an activating group) is 1. The van der Waals surface area contributed by atoms with Gasteiger partial charge in [-0.05, 0) is 55.3 Å². The molecule has 3 aromatic rings. The van der Waals surface area contributed by atoms with E-state index in [1.807, 2.05) is 24.4 Å². The summed E-state index contributed by atoms with van der Waals surface area (Å²) in [5, 5.41) is 11.0. The Morgan fingerprint density at radius 1 is 1.14 bits per heavy atom. The van der Waals surface area contributed by atoms with E-state index in [1.54, 1.807) is 24.1 Å². The number of nitrogens with zero attached hydrogens (tertiary/aromatic N) is 5. The summed E-state index contributed by atoms with van der Waals surface area (Å²) in [7, 11) is 1.79. The molecule has 0 fully saturated rings. The molecule has 0 spiro atoms. The van der Waals surface area contributed by atoms with E-state index in [9.17, 15) is 0 Å². The second kappa shape index (κ2) is 10.3. The van der Waals surface area contributed by atoms with Gasteiger partial charge in [0.25, 0.3) is 0 Å². The zero-order valence-corrected chi connectivity index (χ0v) is 17.3. The topological polar surface area (TPSA) is 70.4 Å². The summed E-state index contributed by atoms with van der Waals surface area (Å²) >= 11 is 0. The molecule has 2 N–H and O–H groups in total. The van der Waals surface area contributed by atoms with E-state index in [4.69, 9.17) is 0 Å². The average Bonchev–Trinajstić information content (AvgIpc) is 3.28. The lowest BCUT2D eigenvalue weighted by Gasteiger charge is -2.24. The third kappa shape index (κ3) is 5.81. The average molecular weight is 392 g/mol. The molecule has 7 heteroatoms. The molecule has 0 radical (unpaired) electrons. The van der Waals surface area contributed by atoms with Crippen LogP contribution in [0.25, 0.3) is 5.82 Å². The Kier molecular flexibility index (Phi) is 7.22. The second-order valence-electron chi connectivity index (χ2n) is 6.74. The van der Waals surface area contributed by atoms with Crippen molar-refractivity contribution in [1.82, 2.24) is 25.4 Å². The summed E-state index contributed by atoms with van der Waals surface area (Å²) in [4.78, 5) is 11.0. The standard InChI is InChI=1S/C22H29N7/c1-4-28(20-8-5-7-18(2)15-20)14-12-25-22(23-3)26-17-19-9-11-24-21(16-19)29-13-6-10-27-29/h5-11,13,15-16H,4,12,14,17H2,1-3H3,(H2,23,25,26). The molecule has 2 aromatic heterocycles. The largest absolute Gasteiger partial charge is 0.370 e. The predicted molar refractivity (Wildman–Crippen MR) is 119 cm³/mol. The lowest BCUT2D eigenvalue weighted by Crippen LogP contribution is -2.41. The van der Waals surface area contributed by atoms with Gasteiger partial charge in [-0.15, -0.1) is 0 Å². The normalized spacial score (nSPS) is 11.3. The number of aryl methyl sites for hydroxylation is 1. The molecule has 2 heterocycles. The van der Waals surface area contributed by atoms with Crippen LogP contribution >= 0.6 is 0 Å². The second-order valence-corrected chi connectivity index (χ2v) is 6.74. The maximum absolute atomic E-state index is 4.36. The first-order valence-electron chi connectivity index (χ1n) is 9.90. The molecule has 0 atom stereocenters. The van der Waals surface area contributed by atoms with E-state index in [0.29, 0.717) is 6.54 Å². The van der Waals surface area contributed by atoms with E-state index in [-0.39, 0.29) is 0 Å². The smallest absolute Gasteiger partial charge is 0.191 e. The van der Waals surface area contributed by atoms with Gasteiger partial charge in [0.2, 0.25) is 0 Å². The van der Waals surface area contributed by atoms with Gasteiger partial charge in [-0.25, -0.2) is 9.67 Å². The minimum atomic E-state index is 0.659. The molecule has 0 saturated carbocycles. The van der Waals surface area contributed by atoms with Crippen LogP contribution in [0.1, 0.15) is 18.1 Å². The minimum Gasteiger partial charge on any atom is -0.370 e. The summed E-state index contributed by atoms with van der Waals surface area (Å²) in [6.45, 7) is 7.63. The van der Waals surface area contributed by atoms with E-state index < -0.39 is 0 Å². The van der Waals surface area contributed by atoms with Crippen molar-refractivity contribution in [2.45, 2.75) is 20.4 Å². The van der Waals surface area contributed by atoms with E-state index in [0.717, 1.165) is 37.0 Å². The Hall–Kier alpha value is -3.35. The zero-order chi connectivity index (χ0) is 20.5. The van der Waals surface area contributed by atoms with Gasteiger partial charge < -0.3 is 15.5 Å². The number of hydrogen-bond donors (Lipinski definition) is 2. The van der Waals surface area contributed by atoms with Crippen LogP contribution in [-0.4, -0.2) is 47.4 Å². The molecule has 1 aromatic carbocycles. The van der Waals surface area contributed by atoms with Crippen molar-refractivity contribution in [3.63, 3.8) is 0 Å². The number of aliphatic imine (C=N–C) groups is 1. The quantitative estimate of drug-likeness (QED) is 0.456. The molecule has 0 aliphatic heterocycles. The van der Waals surface area contributed by atoms with Crippen LogP contribution in [0.3, 0.4) is 0 Å². The maximum Gasteiger partial charge on any atom is 0.191 e. The summed E-state index contributed by atoms with van der Waals surface area (Å²) in [5.41, 5.74) is 3.64. The van der Waals surface area contributed by atoms with Crippen LogP contribution in [0.4, 0.5) is 5.69 Å². The first-order chi connectivity index (χ1) is 14.2. The highest BCUT2D eigenvalue weighted by molar-refractivity contribution is 5.79. The van der Waals surface area contributed by atoms with Gasteiger partial charge in [0.1, 0.15) is 0 Å². The third-order valence-electron chi connectivity index (χ3n) is 4.66. The highest BCUT2D eigenvalue weighted by Gasteiger charge is 2.06. The van der Waals surface area contributed by atoms with Crippen LogP contribution in [-0.2, 0) is 6.54 Å². The summed E-state index contributed by atoms with van der Waals surface area (Å²) < 4.78 is 1.75. The van der Waals surface area contributed by atoms with Gasteiger partial charge in [0, 0.05) is 57.5 Å². The van der Waals surface area contributed by atoms with Crippen LogP contribution in [0.15, 0.2) is 66.0 Å². The van der Waals surface area contributed by atoms with Gasteiger partial charge >= 0.3 is 0 Å². The fraction of sp³-hybridized carbons (Fsp3) is 0.318. The number of aromatic nitrogens is 3. The first kappa shape index (κ1) is 20.4. The summed E-state index contributed by atoms with van der Waals surface area (Å²) in [6, 6.07) is 14.5. The zero-order valence-electron chi connectivity index (χ0n) is 17.3. The highest BCUT2D eigenvalue weighted by Crippen LogP contribution is 2.15. The van der Waals surface area contributed by atoms with Crippen LogP contribution in [0.5, 0.6) is 0 Å². The molecule has 29 heavy (non-hydrogen) atoms. The maximum atomic E-state index is 4.36. The number of nitrogens with one attached hydrogen (secondary N) is 2. The molecule has 0 bridgehead atoms. The Bertz CT molecular complexity index is 918. The number of anilines is 1.